The molecular weight excluding hydrogens is 262 g/mol. The monoisotopic (exact) mass is 279 g/mol. The van der Waals surface area contributed by atoms with Gasteiger partial charge in [0.15, 0.2) is 0 Å². The molecular formula is C13H17N3O4. The van der Waals surface area contributed by atoms with Crippen LogP contribution >= 0.6 is 0 Å². The molecule has 3 N–H and O–H groups in total. The lowest BCUT2D eigenvalue weighted by Crippen LogP contribution is -2.47. The van der Waals surface area contributed by atoms with Crippen LogP contribution in [0.4, 0.5) is 0 Å². The van der Waals surface area contributed by atoms with Crippen molar-refractivity contribution in [2.45, 2.75) is 6.92 Å². The van der Waals surface area contributed by atoms with Gasteiger partial charge in [-0.15, -0.1) is 0 Å². The van der Waals surface area contributed by atoms with Gasteiger partial charge in [0, 0.05) is 5.56 Å². The van der Waals surface area contributed by atoms with E-state index in [2.05, 4.69) is 10.9 Å². The molecule has 1 aromatic rings. The van der Waals surface area contributed by atoms with Gasteiger partial charge in [0.1, 0.15) is 0 Å². The van der Waals surface area contributed by atoms with Crippen LogP contribution in [-0.2, 0) is 9.59 Å². The molecule has 0 fully saturated rings. The minimum absolute atomic E-state index is 0.0993. The van der Waals surface area contributed by atoms with Gasteiger partial charge in [-0.05, 0) is 18.7 Å². The molecule has 0 saturated carbocycles. The fourth-order valence-electron chi connectivity index (χ4n) is 1.50. The summed E-state index contributed by atoms with van der Waals surface area (Å²) in [5.41, 5.74) is 4.94. The number of hydrazine groups is 1. The highest BCUT2D eigenvalue weighted by Gasteiger charge is 2.13. The average molecular weight is 279 g/mol. The molecule has 0 atom stereocenters. The number of aliphatic carboxylic acids is 1. The number of nitrogens with zero attached hydrogens (tertiary/aromatic N) is 1. The number of hydrogen-bond acceptors (Lipinski definition) is 4. The van der Waals surface area contributed by atoms with Crippen LogP contribution in [0.5, 0.6) is 0 Å². The van der Waals surface area contributed by atoms with E-state index in [4.69, 9.17) is 5.11 Å². The predicted octanol–water partition coefficient (Wildman–Crippen LogP) is -0.146. The number of likely N-dealkylation sites (N-methyl/N-ethyl adjacent to an activating group) is 1. The SMILES string of the molecule is CCN(CC(=O)O)CC(=O)NNC(=O)c1ccccc1. The van der Waals surface area contributed by atoms with E-state index in [0.29, 0.717) is 12.1 Å². The summed E-state index contributed by atoms with van der Waals surface area (Å²) in [6.07, 6.45) is 0. The molecule has 2 amide bonds. The second-order valence-electron chi connectivity index (χ2n) is 4.07. The molecule has 1 rings (SSSR count). The molecule has 7 heteroatoms. The summed E-state index contributed by atoms with van der Waals surface area (Å²) in [5.74, 6) is -1.91. The third-order valence-electron chi connectivity index (χ3n) is 2.52. The molecule has 0 spiro atoms. The largest absolute Gasteiger partial charge is 0.480 e. The standard InChI is InChI=1S/C13H17N3O4/c1-2-16(9-12(18)19)8-11(17)14-15-13(20)10-6-4-3-5-7-10/h3-7H,2,8-9H2,1H3,(H,14,17)(H,15,20)(H,18,19). The predicted molar refractivity (Wildman–Crippen MR) is 71.8 cm³/mol. The minimum atomic E-state index is -1.01. The number of rotatable bonds is 6. The summed E-state index contributed by atoms with van der Waals surface area (Å²) in [4.78, 5) is 35.2. The quantitative estimate of drug-likeness (QED) is 0.629. The van der Waals surface area contributed by atoms with Crippen molar-refractivity contribution in [3.63, 3.8) is 0 Å². The second kappa shape index (κ2) is 7.90. The maximum Gasteiger partial charge on any atom is 0.317 e. The topological polar surface area (TPSA) is 98.7 Å². The molecule has 0 bridgehead atoms. The van der Waals surface area contributed by atoms with Gasteiger partial charge in [-0.1, -0.05) is 25.1 Å². The maximum atomic E-state index is 11.6. The Morgan fingerprint density at radius 2 is 1.75 bits per heavy atom. The number of amides is 2. The van der Waals surface area contributed by atoms with E-state index in [0.717, 1.165) is 0 Å². The first-order valence-corrected chi connectivity index (χ1v) is 6.11. The third kappa shape index (κ3) is 5.49. The van der Waals surface area contributed by atoms with Crippen LogP contribution in [-0.4, -0.2) is 47.4 Å². The van der Waals surface area contributed by atoms with Crippen LogP contribution in [0.25, 0.3) is 0 Å². The molecule has 0 heterocycles. The van der Waals surface area contributed by atoms with E-state index < -0.39 is 17.8 Å². The van der Waals surface area contributed by atoms with E-state index >= 15 is 0 Å². The second-order valence-corrected chi connectivity index (χ2v) is 4.07. The molecule has 108 valence electrons. The summed E-state index contributed by atoms with van der Waals surface area (Å²) in [6, 6.07) is 8.43. The fraction of sp³-hybridized carbons (Fsp3) is 0.308. The van der Waals surface area contributed by atoms with Crippen LogP contribution < -0.4 is 10.9 Å². The summed E-state index contributed by atoms with van der Waals surface area (Å²) in [7, 11) is 0. The first-order valence-electron chi connectivity index (χ1n) is 6.11. The summed E-state index contributed by atoms with van der Waals surface area (Å²) < 4.78 is 0. The molecule has 0 aromatic heterocycles. The normalized spacial score (nSPS) is 10.1. The summed E-state index contributed by atoms with van der Waals surface area (Å²) in [5, 5.41) is 8.65. The molecule has 20 heavy (non-hydrogen) atoms. The summed E-state index contributed by atoms with van der Waals surface area (Å²) >= 11 is 0. The van der Waals surface area contributed by atoms with Crippen molar-refractivity contribution >= 4 is 17.8 Å². The Morgan fingerprint density at radius 3 is 2.30 bits per heavy atom. The van der Waals surface area contributed by atoms with Gasteiger partial charge in [-0.2, -0.15) is 0 Å². The van der Waals surface area contributed by atoms with Gasteiger partial charge in [-0.25, -0.2) is 0 Å². The Bertz CT molecular complexity index is 476. The van der Waals surface area contributed by atoms with Crippen LogP contribution in [0, 0.1) is 0 Å². The lowest BCUT2D eigenvalue weighted by molar-refractivity contribution is -0.138. The van der Waals surface area contributed by atoms with Gasteiger partial charge in [0.05, 0.1) is 13.1 Å². The Hall–Kier alpha value is -2.41. The zero-order chi connectivity index (χ0) is 15.0. The zero-order valence-corrected chi connectivity index (χ0v) is 11.1. The highest BCUT2D eigenvalue weighted by Crippen LogP contribution is 1.96. The Kier molecular flexibility index (Phi) is 6.18. The van der Waals surface area contributed by atoms with E-state index in [1.54, 1.807) is 37.3 Å². The Morgan fingerprint density at radius 1 is 1.10 bits per heavy atom. The number of hydrogen-bond donors (Lipinski definition) is 3. The van der Waals surface area contributed by atoms with Crippen molar-refractivity contribution in [1.82, 2.24) is 15.8 Å². The van der Waals surface area contributed by atoms with Gasteiger partial charge in [0.25, 0.3) is 11.8 Å². The van der Waals surface area contributed by atoms with Crippen LogP contribution in [0.3, 0.4) is 0 Å². The highest BCUT2D eigenvalue weighted by molar-refractivity contribution is 5.95. The molecule has 0 unspecified atom stereocenters. The number of nitrogens with one attached hydrogen (secondary N) is 2. The first-order chi connectivity index (χ1) is 9.52. The lowest BCUT2D eigenvalue weighted by Gasteiger charge is -2.17. The minimum Gasteiger partial charge on any atom is -0.480 e. The van der Waals surface area contributed by atoms with E-state index in [1.165, 1.54) is 4.90 Å². The van der Waals surface area contributed by atoms with Gasteiger partial charge >= 0.3 is 5.97 Å². The molecule has 0 aliphatic heterocycles. The number of benzene rings is 1. The molecule has 0 aliphatic rings. The highest BCUT2D eigenvalue weighted by atomic mass is 16.4. The molecule has 7 nitrogen and oxygen atoms in total. The van der Waals surface area contributed by atoms with Gasteiger partial charge in [0.2, 0.25) is 0 Å². The van der Waals surface area contributed by atoms with E-state index in [-0.39, 0.29) is 13.1 Å². The lowest BCUT2D eigenvalue weighted by atomic mass is 10.2. The molecule has 0 saturated heterocycles. The van der Waals surface area contributed by atoms with Crippen LogP contribution in [0.2, 0.25) is 0 Å². The Labute approximate surface area is 116 Å². The van der Waals surface area contributed by atoms with Gasteiger partial charge < -0.3 is 5.11 Å². The third-order valence-corrected chi connectivity index (χ3v) is 2.52. The van der Waals surface area contributed by atoms with Crippen molar-refractivity contribution in [3.8, 4) is 0 Å². The number of carbonyl (C=O) groups is 3. The van der Waals surface area contributed by atoms with E-state index in [9.17, 15) is 14.4 Å². The van der Waals surface area contributed by atoms with Crippen molar-refractivity contribution in [2.24, 2.45) is 0 Å². The number of carboxylic acid groups (broad SMARTS) is 1. The zero-order valence-electron chi connectivity index (χ0n) is 11.1. The Balaban J connectivity index is 2.39. The van der Waals surface area contributed by atoms with E-state index in [1.807, 2.05) is 0 Å². The first kappa shape index (κ1) is 15.6. The average Bonchev–Trinajstić information content (AvgIpc) is 2.44. The molecule has 0 aliphatic carbocycles. The molecule has 1 aromatic carbocycles. The van der Waals surface area contributed by atoms with Crippen molar-refractivity contribution < 1.29 is 19.5 Å². The van der Waals surface area contributed by atoms with Crippen molar-refractivity contribution in [1.29, 1.82) is 0 Å². The van der Waals surface area contributed by atoms with Crippen molar-refractivity contribution in [2.75, 3.05) is 19.6 Å². The fourth-order valence-corrected chi connectivity index (χ4v) is 1.50. The maximum absolute atomic E-state index is 11.6. The smallest absolute Gasteiger partial charge is 0.317 e. The van der Waals surface area contributed by atoms with Crippen molar-refractivity contribution in [3.05, 3.63) is 35.9 Å². The number of carboxylic acids is 1. The number of carbonyl (C=O) groups excluding carboxylic acids is 2. The van der Waals surface area contributed by atoms with Crippen LogP contribution in [0.1, 0.15) is 17.3 Å². The van der Waals surface area contributed by atoms with Crippen LogP contribution in [0.15, 0.2) is 30.3 Å². The summed E-state index contributed by atoms with van der Waals surface area (Å²) in [6.45, 7) is 1.85. The molecule has 0 radical (unpaired) electrons. The van der Waals surface area contributed by atoms with Gasteiger partial charge in [-0.3, -0.25) is 30.1 Å².